The molecule has 0 aliphatic carbocycles. The second kappa shape index (κ2) is 9.11. The molecule has 0 spiro atoms. The van der Waals surface area contributed by atoms with Crippen LogP contribution in [0.5, 0.6) is 0 Å². The number of anilines is 1. The zero-order valence-electron chi connectivity index (χ0n) is 12.9. The fourth-order valence-electron chi connectivity index (χ4n) is 1.75. The van der Waals surface area contributed by atoms with Crippen molar-refractivity contribution < 1.29 is 9.53 Å². The van der Waals surface area contributed by atoms with Crippen LogP contribution in [0.1, 0.15) is 25.8 Å². The number of carbonyl (C=O) groups is 1. The van der Waals surface area contributed by atoms with Gasteiger partial charge in [0.15, 0.2) is 0 Å². The first-order chi connectivity index (χ1) is 10.0. The molecule has 0 radical (unpaired) electrons. The van der Waals surface area contributed by atoms with Gasteiger partial charge in [0, 0.05) is 19.5 Å². The van der Waals surface area contributed by atoms with Crippen LogP contribution < -0.4 is 5.32 Å². The van der Waals surface area contributed by atoms with E-state index in [0.29, 0.717) is 30.8 Å². The van der Waals surface area contributed by atoms with Crippen molar-refractivity contribution >= 4 is 11.6 Å². The predicted octanol–water partition coefficient (Wildman–Crippen LogP) is 2.24. The number of ether oxygens (including phenoxy) is 1. The summed E-state index contributed by atoms with van der Waals surface area (Å²) in [6, 6.07) is 9.05. The fraction of sp³-hybridized carbons (Fsp3) is 0.500. The molecule has 0 heterocycles. The minimum atomic E-state index is -0.0886. The molecule has 0 aliphatic rings. The lowest BCUT2D eigenvalue weighted by molar-refractivity contribution is -0.116. The number of hydrogen-bond acceptors (Lipinski definition) is 4. The van der Waals surface area contributed by atoms with Crippen LogP contribution in [0.15, 0.2) is 24.3 Å². The van der Waals surface area contributed by atoms with Crippen molar-refractivity contribution in [2.45, 2.75) is 26.4 Å². The van der Waals surface area contributed by atoms with Crippen LogP contribution in [0.2, 0.25) is 0 Å². The maximum absolute atomic E-state index is 11.9. The molecule has 0 aromatic heterocycles. The maximum Gasteiger partial charge on any atom is 0.225 e. The molecule has 0 atom stereocenters. The summed E-state index contributed by atoms with van der Waals surface area (Å²) in [5.41, 5.74) is 1.04. The van der Waals surface area contributed by atoms with E-state index in [2.05, 4.69) is 16.3 Å². The SMILES string of the molecule is CC(C)OCCN(C)CCC(=O)Nc1ccccc1C#N. The van der Waals surface area contributed by atoms with Crippen molar-refractivity contribution in [1.82, 2.24) is 4.90 Å². The second-order valence-corrected chi connectivity index (χ2v) is 5.18. The largest absolute Gasteiger partial charge is 0.377 e. The highest BCUT2D eigenvalue weighted by atomic mass is 16.5. The van der Waals surface area contributed by atoms with Crippen LogP contribution in [-0.4, -0.2) is 43.7 Å². The van der Waals surface area contributed by atoms with E-state index in [-0.39, 0.29) is 12.0 Å². The second-order valence-electron chi connectivity index (χ2n) is 5.18. The molecule has 5 heteroatoms. The Labute approximate surface area is 126 Å². The Bertz CT molecular complexity index is 495. The lowest BCUT2D eigenvalue weighted by Gasteiger charge is -2.17. The van der Waals surface area contributed by atoms with Gasteiger partial charge in [-0.15, -0.1) is 0 Å². The van der Waals surface area contributed by atoms with Crippen molar-refractivity contribution in [1.29, 1.82) is 5.26 Å². The molecule has 5 nitrogen and oxygen atoms in total. The van der Waals surface area contributed by atoms with E-state index >= 15 is 0 Å². The Morgan fingerprint density at radius 2 is 2.10 bits per heavy atom. The van der Waals surface area contributed by atoms with Crippen molar-refractivity contribution in [3.8, 4) is 6.07 Å². The van der Waals surface area contributed by atoms with Crippen LogP contribution in [-0.2, 0) is 9.53 Å². The molecule has 1 N–H and O–H groups in total. The zero-order valence-corrected chi connectivity index (χ0v) is 12.9. The summed E-state index contributed by atoms with van der Waals surface area (Å²) in [7, 11) is 1.96. The van der Waals surface area contributed by atoms with Crippen molar-refractivity contribution in [3.05, 3.63) is 29.8 Å². The van der Waals surface area contributed by atoms with Crippen LogP contribution in [0.25, 0.3) is 0 Å². The summed E-state index contributed by atoms with van der Waals surface area (Å²) < 4.78 is 5.47. The molecule has 1 aromatic carbocycles. The van der Waals surface area contributed by atoms with Gasteiger partial charge in [0.2, 0.25) is 5.91 Å². The van der Waals surface area contributed by atoms with E-state index in [1.165, 1.54) is 0 Å². The number of para-hydroxylation sites is 1. The Morgan fingerprint density at radius 1 is 1.38 bits per heavy atom. The highest BCUT2D eigenvalue weighted by Crippen LogP contribution is 2.13. The Kier molecular flexibility index (Phi) is 7.44. The third-order valence-electron chi connectivity index (χ3n) is 2.97. The number of likely N-dealkylation sites (N-methyl/N-ethyl adjacent to an activating group) is 1. The Morgan fingerprint density at radius 3 is 2.76 bits per heavy atom. The summed E-state index contributed by atoms with van der Waals surface area (Å²) >= 11 is 0. The smallest absolute Gasteiger partial charge is 0.225 e. The van der Waals surface area contributed by atoms with E-state index in [4.69, 9.17) is 10.00 Å². The predicted molar refractivity (Wildman–Crippen MR) is 83.0 cm³/mol. The number of nitrogens with one attached hydrogen (secondary N) is 1. The van der Waals surface area contributed by atoms with Gasteiger partial charge in [0.25, 0.3) is 0 Å². The minimum absolute atomic E-state index is 0.0886. The summed E-state index contributed by atoms with van der Waals surface area (Å²) in [5.74, 6) is -0.0886. The third-order valence-corrected chi connectivity index (χ3v) is 2.97. The number of nitriles is 1. The van der Waals surface area contributed by atoms with Gasteiger partial charge in [-0.1, -0.05) is 12.1 Å². The molecule has 0 saturated carbocycles. The van der Waals surface area contributed by atoms with E-state index in [1.54, 1.807) is 24.3 Å². The first kappa shape index (κ1) is 17.2. The van der Waals surface area contributed by atoms with Crippen molar-refractivity contribution in [3.63, 3.8) is 0 Å². The highest BCUT2D eigenvalue weighted by Gasteiger charge is 2.08. The minimum Gasteiger partial charge on any atom is -0.377 e. The average molecular weight is 289 g/mol. The first-order valence-corrected chi connectivity index (χ1v) is 7.12. The number of nitrogens with zero attached hydrogens (tertiary/aromatic N) is 2. The van der Waals surface area contributed by atoms with Crippen LogP contribution >= 0.6 is 0 Å². The molecular formula is C16H23N3O2. The zero-order chi connectivity index (χ0) is 15.7. The normalized spacial score (nSPS) is 10.7. The molecule has 21 heavy (non-hydrogen) atoms. The van der Waals surface area contributed by atoms with E-state index in [0.717, 1.165) is 6.54 Å². The van der Waals surface area contributed by atoms with Crippen LogP contribution in [0.3, 0.4) is 0 Å². The standard InChI is InChI=1S/C16H23N3O2/c1-13(2)21-11-10-19(3)9-8-16(20)18-15-7-5-4-6-14(15)12-17/h4-7,13H,8-11H2,1-3H3,(H,18,20). The van der Waals surface area contributed by atoms with Gasteiger partial charge in [-0.2, -0.15) is 5.26 Å². The Hall–Kier alpha value is -1.90. The molecule has 1 amide bonds. The summed E-state index contributed by atoms with van der Waals surface area (Å²) in [6.45, 7) is 6.11. The molecule has 0 bridgehead atoms. The number of carbonyl (C=O) groups excluding carboxylic acids is 1. The number of benzene rings is 1. The number of amides is 1. The summed E-state index contributed by atoms with van der Waals surface area (Å²) in [4.78, 5) is 13.9. The fourth-order valence-corrected chi connectivity index (χ4v) is 1.75. The first-order valence-electron chi connectivity index (χ1n) is 7.12. The van der Waals surface area contributed by atoms with Gasteiger partial charge < -0.3 is 15.0 Å². The van der Waals surface area contributed by atoms with E-state index in [1.807, 2.05) is 20.9 Å². The van der Waals surface area contributed by atoms with Gasteiger partial charge in [0.05, 0.1) is 24.0 Å². The number of hydrogen-bond donors (Lipinski definition) is 1. The molecule has 1 aromatic rings. The van der Waals surface area contributed by atoms with E-state index in [9.17, 15) is 4.79 Å². The number of rotatable bonds is 8. The van der Waals surface area contributed by atoms with Gasteiger partial charge >= 0.3 is 0 Å². The highest BCUT2D eigenvalue weighted by molar-refractivity contribution is 5.92. The Balaban J connectivity index is 2.32. The average Bonchev–Trinajstić information content (AvgIpc) is 2.45. The quantitative estimate of drug-likeness (QED) is 0.797. The monoisotopic (exact) mass is 289 g/mol. The lowest BCUT2D eigenvalue weighted by atomic mass is 10.2. The van der Waals surface area contributed by atoms with Crippen LogP contribution in [0, 0.1) is 11.3 Å². The van der Waals surface area contributed by atoms with Gasteiger partial charge in [-0.3, -0.25) is 4.79 Å². The summed E-state index contributed by atoms with van der Waals surface area (Å²) in [6.07, 6.45) is 0.613. The summed E-state index contributed by atoms with van der Waals surface area (Å²) in [5, 5.41) is 11.7. The van der Waals surface area contributed by atoms with Crippen LogP contribution in [0.4, 0.5) is 5.69 Å². The van der Waals surface area contributed by atoms with Gasteiger partial charge in [-0.25, -0.2) is 0 Å². The molecular weight excluding hydrogens is 266 g/mol. The third kappa shape index (κ3) is 6.89. The molecule has 0 aliphatic heterocycles. The lowest BCUT2D eigenvalue weighted by Crippen LogP contribution is -2.28. The van der Waals surface area contributed by atoms with Crippen molar-refractivity contribution in [2.24, 2.45) is 0 Å². The molecule has 0 fully saturated rings. The van der Waals surface area contributed by atoms with E-state index < -0.39 is 0 Å². The molecule has 0 unspecified atom stereocenters. The maximum atomic E-state index is 11.9. The van der Waals surface area contributed by atoms with Gasteiger partial charge in [0.1, 0.15) is 6.07 Å². The van der Waals surface area contributed by atoms with Gasteiger partial charge in [-0.05, 0) is 33.0 Å². The molecule has 1 rings (SSSR count). The van der Waals surface area contributed by atoms with Crippen molar-refractivity contribution in [2.75, 3.05) is 32.1 Å². The topological polar surface area (TPSA) is 65.4 Å². The molecule has 114 valence electrons. The molecule has 0 saturated heterocycles.